The average Bonchev–Trinajstić information content (AvgIpc) is 2.26. The summed E-state index contributed by atoms with van der Waals surface area (Å²) < 4.78 is 5.01. The van der Waals surface area contributed by atoms with Crippen LogP contribution in [0.5, 0.6) is 5.75 Å². The van der Waals surface area contributed by atoms with Crippen molar-refractivity contribution in [2.75, 3.05) is 12.4 Å². The molecule has 86 valence electrons. The van der Waals surface area contributed by atoms with Crippen molar-refractivity contribution in [3.05, 3.63) is 24.3 Å². The number of carbonyl (C=O) groups is 1. The van der Waals surface area contributed by atoms with E-state index in [0.29, 0.717) is 11.4 Å². The molecule has 0 spiro atoms. The van der Waals surface area contributed by atoms with Crippen LogP contribution in [0, 0.1) is 0 Å². The first-order valence-electron chi connectivity index (χ1n) is 4.38. The van der Waals surface area contributed by atoms with Gasteiger partial charge < -0.3 is 15.8 Å². The van der Waals surface area contributed by atoms with Gasteiger partial charge in [0, 0.05) is 11.8 Å². The minimum atomic E-state index is -0.471. The Morgan fingerprint density at radius 1 is 1.44 bits per heavy atom. The van der Waals surface area contributed by atoms with E-state index in [9.17, 15) is 4.79 Å². The highest BCUT2D eigenvalue weighted by Gasteiger charge is 2.01. The highest BCUT2D eigenvalue weighted by atomic mass is 32.1. The van der Waals surface area contributed by atoms with E-state index in [1.165, 1.54) is 0 Å². The van der Waals surface area contributed by atoms with Crippen LogP contribution in [0.25, 0.3) is 0 Å². The summed E-state index contributed by atoms with van der Waals surface area (Å²) in [4.78, 5) is 11.3. The predicted octanol–water partition coefficient (Wildman–Crippen LogP) is 0.565. The molecule has 0 aromatic heterocycles. The summed E-state index contributed by atoms with van der Waals surface area (Å²) in [5.74, 6) is 0.653. The summed E-state index contributed by atoms with van der Waals surface area (Å²) in [6, 6.07) is 6.47. The van der Waals surface area contributed by atoms with E-state index in [2.05, 4.69) is 28.4 Å². The largest absolute Gasteiger partial charge is 0.497 e. The average molecular weight is 240 g/mol. The number of methoxy groups -OCH3 is 1. The van der Waals surface area contributed by atoms with Gasteiger partial charge in [-0.2, -0.15) is 0 Å². The lowest BCUT2D eigenvalue weighted by Gasteiger charge is -2.09. The molecule has 0 fully saturated rings. The highest BCUT2D eigenvalue weighted by molar-refractivity contribution is 7.80. The fourth-order valence-electron chi connectivity index (χ4n) is 0.982. The van der Waals surface area contributed by atoms with Crippen LogP contribution < -0.4 is 26.6 Å². The lowest BCUT2D eigenvalue weighted by atomic mass is 10.3. The molecule has 0 atom stereocenters. The molecule has 1 rings (SSSR count). The Kier molecular flexibility index (Phi) is 4.34. The van der Waals surface area contributed by atoms with Crippen molar-refractivity contribution in [1.29, 1.82) is 0 Å². The molecule has 2 amide bonds. The van der Waals surface area contributed by atoms with Crippen LogP contribution in [0.4, 0.5) is 10.5 Å². The van der Waals surface area contributed by atoms with Gasteiger partial charge >= 0.3 is 6.03 Å². The minimum Gasteiger partial charge on any atom is -0.497 e. The maximum Gasteiger partial charge on any atom is 0.337 e. The molecule has 0 aliphatic carbocycles. The smallest absolute Gasteiger partial charge is 0.337 e. The number of hydrogen-bond donors (Lipinski definition) is 4. The summed E-state index contributed by atoms with van der Waals surface area (Å²) in [6.07, 6.45) is 0. The normalized spacial score (nSPS) is 9.06. The Hall–Kier alpha value is -2.02. The van der Waals surface area contributed by atoms with E-state index in [1.807, 2.05) is 0 Å². The number of benzene rings is 1. The van der Waals surface area contributed by atoms with Gasteiger partial charge in [-0.1, -0.05) is 6.07 Å². The van der Waals surface area contributed by atoms with Crippen LogP contribution in [0.3, 0.4) is 0 Å². The van der Waals surface area contributed by atoms with Crippen molar-refractivity contribution in [3.8, 4) is 5.75 Å². The van der Waals surface area contributed by atoms with Gasteiger partial charge in [-0.3, -0.25) is 5.43 Å². The van der Waals surface area contributed by atoms with Crippen LogP contribution in [0.1, 0.15) is 0 Å². The van der Waals surface area contributed by atoms with Crippen molar-refractivity contribution < 1.29 is 9.53 Å². The second-order valence-electron chi connectivity index (χ2n) is 2.80. The zero-order valence-corrected chi connectivity index (χ0v) is 9.43. The van der Waals surface area contributed by atoms with Gasteiger partial charge in [0.2, 0.25) is 0 Å². The third-order valence-corrected chi connectivity index (χ3v) is 1.73. The molecule has 1 aromatic carbocycles. The Morgan fingerprint density at radius 3 is 2.81 bits per heavy atom. The number of hydrazine groups is 1. The summed E-state index contributed by atoms with van der Waals surface area (Å²) in [7, 11) is 1.55. The van der Waals surface area contributed by atoms with E-state index in [-0.39, 0.29) is 5.11 Å². The number of anilines is 1. The monoisotopic (exact) mass is 240 g/mol. The third-order valence-electron chi connectivity index (χ3n) is 1.63. The molecule has 16 heavy (non-hydrogen) atoms. The summed E-state index contributed by atoms with van der Waals surface area (Å²) in [5.41, 5.74) is 10.3. The van der Waals surface area contributed by atoms with Gasteiger partial charge in [0.05, 0.1) is 7.11 Å². The number of ether oxygens (including phenoxy) is 1. The Balaban J connectivity index is 2.52. The van der Waals surface area contributed by atoms with Gasteiger partial charge in [0.25, 0.3) is 0 Å². The van der Waals surface area contributed by atoms with E-state index in [0.717, 1.165) is 0 Å². The number of urea groups is 1. The van der Waals surface area contributed by atoms with E-state index < -0.39 is 6.03 Å². The molecular formula is C9H12N4O2S. The SMILES string of the molecule is COc1cccc(NC(=O)NNC(N)=S)c1. The summed E-state index contributed by atoms with van der Waals surface area (Å²) in [5, 5.41) is 2.55. The molecule has 0 heterocycles. The van der Waals surface area contributed by atoms with Crippen molar-refractivity contribution >= 4 is 29.0 Å². The fraction of sp³-hybridized carbons (Fsp3) is 0.111. The van der Waals surface area contributed by atoms with E-state index in [4.69, 9.17) is 10.5 Å². The molecule has 7 heteroatoms. The van der Waals surface area contributed by atoms with Crippen molar-refractivity contribution in [2.45, 2.75) is 0 Å². The molecule has 0 unspecified atom stereocenters. The molecule has 5 N–H and O–H groups in total. The predicted molar refractivity (Wildman–Crippen MR) is 65.1 cm³/mol. The van der Waals surface area contributed by atoms with Gasteiger partial charge in [0.15, 0.2) is 5.11 Å². The molecule has 0 radical (unpaired) electrons. The lowest BCUT2D eigenvalue weighted by molar-refractivity contribution is 0.250. The molecule has 0 aliphatic heterocycles. The van der Waals surface area contributed by atoms with Crippen LogP contribution in [-0.2, 0) is 0 Å². The van der Waals surface area contributed by atoms with Gasteiger partial charge in [-0.15, -0.1) is 0 Å². The van der Waals surface area contributed by atoms with Crippen molar-refractivity contribution in [2.24, 2.45) is 5.73 Å². The maximum absolute atomic E-state index is 11.3. The second kappa shape index (κ2) is 5.76. The number of hydrogen-bond acceptors (Lipinski definition) is 3. The van der Waals surface area contributed by atoms with E-state index >= 15 is 0 Å². The molecule has 0 aliphatic rings. The highest BCUT2D eigenvalue weighted by Crippen LogP contribution is 2.16. The third kappa shape index (κ3) is 4.01. The topological polar surface area (TPSA) is 88.4 Å². The number of nitrogens with one attached hydrogen (secondary N) is 3. The van der Waals surface area contributed by atoms with Crippen LogP contribution >= 0.6 is 12.2 Å². The Morgan fingerprint density at radius 2 is 2.19 bits per heavy atom. The number of nitrogens with two attached hydrogens (primary N) is 1. The maximum atomic E-state index is 11.3. The lowest BCUT2D eigenvalue weighted by Crippen LogP contribution is -2.46. The fourth-order valence-corrected chi connectivity index (χ4v) is 1.03. The van der Waals surface area contributed by atoms with E-state index in [1.54, 1.807) is 31.4 Å². The first-order chi connectivity index (χ1) is 7.61. The summed E-state index contributed by atoms with van der Waals surface area (Å²) >= 11 is 4.52. The van der Waals surface area contributed by atoms with Crippen molar-refractivity contribution in [1.82, 2.24) is 10.9 Å². The Labute approximate surface area is 98.1 Å². The Bertz CT molecular complexity index is 397. The van der Waals surface area contributed by atoms with Crippen LogP contribution in [-0.4, -0.2) is 18.3 Å². The van der Waals surface area contributed by atoms with Gasteiger partial charge in [-0.25, -0.2) is 10.2 Å². The zero-order chi connectivity index (χ0) is 12.0. The van der Waals surface area contributed by atoms with Crippen LogP contribution in [0.2, 0.25) is 0 Å². The number of carbonyl (C=O) groups excluding carboxylic acids is 1. The molecule has 1 aromatic rings. The molecule has 0 saturated carbocycles. The van der Waals surface area contributed by atoms with Gasteiger partial charge in [0.1, 0.15) is 5.75 Å². The first kappa shape index (κ1) is 12.1. The standard InChI is InChI=1S/C9H12N4O2S/c1-15-7-4-2-3-6(5-7)11-9(14)13-12-8(10)16/h2-5H,1H3,(H3,10,12,16)(H2,11,13,14). The molecular weight excluding hydrogens is 228 g/mol. The first-order valence-corrected chi connectivity index (χ1v) is 4.79. The quantitative estimate of drug-likeness (QED) is 0.448. The second-order valence-corrected chi connectivity index (χ2v) is 3.24. The number of amides is 2. The number of thiocarbonyl (C=S) groups is 1. The minimum absolute atomic E-state index is 0.0132. The molecule has 0 saturated heterocycles. The molecule has 0 bridgehead atoms. The van der Waals surface area contributed by atoms with Gasteiger partial charge in [-0.05, 0) is 24.4 Å². The zero-order valence-electron chi connectivity index (χ0n) is 8.61. The van der Waals surface area contributed by atoms with Crippen LogP contribution in [0.15, 0.2) is 24.3 Å². The van der Waals surface area contributed by atoms with Crippen molar-refractivity contribution in [3.63, 3.8) is 0 Å². The number of rotatable bonds is 2. The molecule has 6 nitrogen and oxygen atoms in total. The summed E-state index contributed by atoms with van der Waals surface area (Å²) in [6.45, 7) is 0.